The van der Waals surface area contributed by atoms with Gasteiger partial charge < -0.3 is 9.64 Å². The molecule has 4 atom stereocenters. The quantitative estimate of drug-likeness (QED) is 0.859. The van der Waals surface area contributed by atoms with Crippen LogP contribution in [0.5, 0.6) is 0 Å². The number of likely N-dealkylation sites (tertiary alicyclic amines) is 1. The number of thiazole rings is 1. The van der Waals surface area contributed by atoms with Crippen molar-refractivity contribution >= 4 is 17.2 Å². The van der Waals surface area contributed by atoms with Gasteiger partial charge in [-0.05, 0) is 25.7 Å². The van der Waals surface area contributed by atoms with E-state index in [9.17, 15) is 4.79 Å². The summed E-state index contributed by atoms with van der Waals surface area (Å²) >= 11 is 1.61. The van der Waals surface area contributed by atoms with Crippen LogP contribution in [0, 0.1) is 11.8 Å². The summed E-state index contributed by atoms with van der Waals surface area (Å²) in [4.78, 5) is 19.1. The number of aryl methyl sites for hydroxylation is 1. The van der Waals surface area contributed by atoms with Crippen LogP contribution < -0.4 is 0 Å². The largest absolute Gasteiger partial charge is 0.374 e. The Balaban J connectivity index is 1.47. The third-order valence-corrected chi connectivity index (χ3v) is 5.88. The number of nitrogens with zero attached hydrogens (tertiary/aromatic N) is 2. The van der Waals surface area contributed by atoms with Gasteiger partial charge in [-0.2, -0.15) is 0 Å². The van der Waals surface area contributed by atoms with Crippen molar-refractivity contribution in [2.45, 2.75) is 44.8 Å². The number of rotatable bonds is 3. The molecular formula is C15H20N2O2S. The number of hydrogen-bond acceptors (Lipinski definition) is 4. The van der Waals surface area contributed by atoms with Crippen LogP contribution in [0.1, 0.15) is 41.7 Å². The minimum Gasteiger partial charge on any atom is -0.374 e. The van der Waals surface area contributed by atoms with Gasteiger partial charge in [0.05, 0.1) is 17.2 Å². The lowest BCUT2D eigenvalue weighted by atomic mass is 9.82. The zero-order valence-electron chi connectivity index (χ0n) is 11.7. The van der Waals surface area contributed by atoms with E-state index >= 15 is 0 Å². The van der Waals surface area contributed by atoms with E-state index in [1.54, 1.807) is 11.3 Å². The molecule has 20 heavy (non-hydrogen) atoms. The van der Waals surface area contributed by atoms with Gasteiger partial charge in [-0.1, -0.05) is 6.92 Å². The highest BCUT2D eigenvalue weighted by molar-refractivity contribution is 7.09. The second-order valence-electron chi connectivity index (χ2n) is 6.20. The average molecular weight is 292 g/mol. The molecule has 0 aromatic carbocycles. The molecule has 0 unspecified atom stereocenters. The van der Waals surface area contributed by atoms with Crippen molar-refractivity contribution in [1.29, 1.82) is 0 Å². The third kappa shape index (κ3) is 1.91. The molecule has 0 N–H and O–H groups in total. The fraction of sp³-hybridized carbons (Fsp3) is 0.733. The highest BCUT2D eigenvalue weighted by Gasteiger charge is 2.53. The maximum Gasteiger partial charge on any atom is 0.273 e. The molecule has 3 aliphatic rings. The summed E-state index contributed by atoms with van der Waals surface area (Å²) in [6.45, 7) is 3.87. The summed E-state index contributed by atoms with van der Waals surface area (Å²) in [5.74, 6) is 1.27. The van der Waals surface area contributed by atoms with E-state index in [1.165, 1.54) is 12.8 Å². The van der Waals surface area contributed by atoms with E-state index in [-0.39, 0.29) is 5.91 Å². The lowest BCUT2D eigenvalue weighted by Gasteiger charge is -2.17. The van der Waals surface area contributed by atoms with Gasteiger partial charge in [0, 0.05) is 30.3 Å². The summed E-state index contributed by atoms with van der Waals surface area (Å²) < 4.78 is 5.96. The molecule has 4 heterocycles. The van der Waals surface area contributed by atoms with E-state index in [4.69, 9.17) is 4.74 Å². The zero-order valence-corrected chi connectivity index (χ0v) is 12.6. The Bertz CT molecular complexity index is 512. The second-order valence-corrected chi connectivity index (χ2v) is 7.15. The lowest BCUT2D eigenvalue weighted by molar-refractivity contribution is 0.0591. The molecule has 4 nitrogen and oxygen atoms in total. The zero-order chi connectivity index (χ0) is 13.7. The summed E-state index contributed by atoms with van der Waals surface area (Å²) in [6, 6.07) is 0. The normalized spacial score (nSPS) is 34.8. The summed E-state index contributed by atoms with van der Waals surface area (Å²) in [6.07, 6.45) is 5.25. The van der Waals surface area contributed by atoms with Crippen LogP contribution >= 0.6 is 11.3 Å². The molecule has 2 bridgehead atoms. The molecule has 3 saturated heterocycles. The Hall–Kier alpha value is -0.940. The topological polar surface area (TPSA) is 42.4 Å². The fourth-order valence-electron chi connectivity index (χ4n) is 4.03. The van der Waals surface area contributed by atoms with Gasteiger partial charge in [-0.15, -0.1) is 11.3 Å². The number of carbonyl (C=O) groups excluding carboxylic acids is 1. The van der Waals surface area contributed by atoms with Gasteiger partial charge in [-0.25, -0.2) is 4.98 Å². The summed E-state index contributed by atoms with van der Waals surface area (Å²) in [5, 5.41) is 3.01. The minimum absolute atomic E-state index is 0.123. The van der Waals surface area contributed by atoms with E-state index in [1.807, 2.05) is 10.3 Å². The van der Waals surface area contributed by atoms with Crippen LogP contribution in [0.4, 0.5) is 0 Å². The lowest BCUT2D eigenvalue weighted by Crippen LogP contribution is -2.31. The van der Waals surface area contributed by atoms with Crippen molar-refractivity contribution < 1.29 is 9.53 Å². The Morgan fingerprint density at radius 3 is 2.75 bits per heavy atom. The maximum absolute atomic E-state index is 12.6. The summed E-state index contributed by atoms with van der Waals surface area (Å²) in [5.41, 5.74) is 0.645. The van der Waals surface area contributed by atoms with E-state index in [0.29, 0.717) is 29.7 Å². The van der Waals surface area contributed by atoms with Gasteiger partial charge in [0.25, 0.3) is 5.91 Å². The van der Waals surface area contributed by atoms with Crippen molar-refractivity contribution in [2.24, 2.45) is 11.8 Å². The number of aromatic nitrogens is 1. The van der Waals surface area contributed by atoms with Gasteiger partial charge >= 0.3 is 0 Å². The van der Waals surface area contributed by atoms with Crippen LogP contribution in [0.3, 0.4) is 0 Å². The van der Waals surface area contributed by atoms with Crippen molar-refractivity contribution in [3.8, 4) is 0 Å². The summed E-state index contributed by atoms with van der Waals surface area (Å²) in [7, 11) is 0. The van der Waals surface area contributed by atoms with E-state index in [0.717, 1.165) is 30.9 Å². The second kappa shape index (κ2) is 4.81. The molecular weight excluding hydrogens is 272 g/mol. The van der Waals surface area contributed by atoms with E-state index < -0.39 is 0 Å². The molecule has 1 aromatic rings. The molecule has 3 aliphatic heterocycles. The molecule has 0 spiro atoms. The number of ether oxygens (including phenoxy) is 1. The fourth-order valence-corrected chi connectivity index (χ4v) is 4.90. The van der Waals surface area contributed by atoms with Crippen molar-refractivity contribution in [3.05, 3.63) is 16.1 Å². The van der Waals surface area contributed by atoms with Gasteiger partial charge in [0.15, 0.2) is 0 Å². The monoisotopic (exact) mass is 292 g/mol. The van der Waals surface area contributed by atoms with Crippen LogP contribution in [0.2, 0.25) is 0 Å². The van der Waals surface area contributed by atoms with Gasteiger partial charge in [0.1, 0.15) is 5.69 Å². The minimum atomic E-state index is 0.123. The first-order valence-electron chi connectivity index (χ1n) is 7.65. The highest BCUT2D eigenvalue weighted by atomic mass is 32.1. The molecule has 1 aromatic heterocycles. The smallest absolute Gasteiger partial charge is 0.273 e. The molecule has 108 valence electrons. The first-order chi connectivity index (χ1) is 9.76. The first-order valence-corrected chi connectivity index (χ1v) is 8.53. The Morgan fingerprint density at radius 2 is 2.10 bits per heavy atom. The maximum atomic E-state index is 12.6. The first kappa shape index (κ1) is 12.8. The predicted octanol–water partition coefficient (Wildman–Crippen LogP) is 2.35. The number of fused-ring (bicyclic) bond motifs is 5. The van der Waals surface area contributed by atoms with Crippen LogP contribution in [0.15, 0.2) is 5.38 Å². The average Bonchev–Trinajstić information content (AvgIpc) is 3.19. The Morgan fingerprint density at radius 1 is 1.40 bits per heavy atom. The molecule has 0 aliphatic carbocycles. The Labute approximate surface area is 123 Å². The Kier molecular flexibility index (Phi) is 3.07. The molecule has 0 saturated carbocycles. The van der Waals surface area contributed by atoms with Crippen molar-refractivity contribution in [2.75, 3.05) is 13.1 Å². The standard InChI is InChI=1S/C15H20N2O2S/c1-2-3-14-16-11(8-20-14)15(18)17-6-9-10(7-17)13-5-4-12(9)19-13/h8-10,12-13H,2-7H2,1H3/t9-,10+,12+,13-. The predicted molar refractivity (Wildman–Crippen MR) is 76.9 cm³/mol. The number of hydrogen-bond donors (Lipinski definition) is 0. The van der Waals surface area contributed by atoms with Crippen molar-refractivity contribution in [1.82, 2.24) is 9.88 Å². The van der Waals surface area contributed by atoms with Gasteiger partial charge in [-0.3, -0.25) is 4.79 Å². The molecule has 5 heteroatoms. The number of carbonyl (C=O) groups is 1. The molecule has 1 amide bonds. The van der Waals surface area contributed by atoms with E-state index in [2.05, 4.69) is 11.9 Å². The molecule has 0 radical (unpaired) electrons. The van der Waals surface area contributed by atoms with Gasteiger partial charge in [0.2, 0.25) is 0 Å². The van der Waals surface area contributed by atoms with Crippen LogP contribution in [-0.2, 0) is 11.2 Å². The third-order valence-electron chi connectivity index (χ3n) is 4.97. The van der Waals surface area contributed by atoms with Crippen molar-refractivity contribution in [3.63, 3.8) is 0 Å². The SMILES string of the molecule is CCCc1nc(C(=O)N2C[C@@H]3[C@H](C2)[C@H]2CC[C@@H]3O2)cs1. The highest BCUT2D eigenvalue weighted by Crippen LogP contribution is 2.47. The molecule has 4 rings (SSSR count). The molecule has 3 fully saturated rings. The van der Waals surface area contributed by atoms with Crippen LogP contribution in [-0.4, -0.2) is 41.1 Å². The number of amides is 1. The van der Waals surface area contributed by atoms with Crippen LogP contribution in [0.25, 0.3) is 0 Å².